The van der Waals surface area contributed by atoms with E-state index in [4.69, 9.17) is 13.9 Å². The van der Waals surface area contributed by atoms with E-state index >= 15 is 0 Å². The van der Waals surface area contributed by atoms with Crippen LogP contribution in [0.4, 0.5) is 0 Å². The molecule has 7 nitrogen and oxygen atoms in total. The summed E-state index contributed by atoms with van der Waals surface area (Å²) in [6.07, 6.45) is 1.66. The lowest BCUT2D eigenvalue weighted by molar-refractivity contribution is -0.161. The molecule has 3 rings (SSSR count). The molecule has 0 aromatic heterocycles. The normalized spacial score (nSPS) is 20.3. The molecule has 0 radical (unpaired) electrons. The van der Waals surface area contributed by atoms with Crippen LogP contribution in [0.25, 0.3) is 0 Å². The molecule has 40 heavy (non-hydrogen) atoms. The molecule has 0 bridgehead atoms. The number of benzene rings is 2. The van der Waals surface area contributed by atoms with Gasteiger partial charge in [0.1, 0.15) is 5.60 Å². The van der Waals surface area contributed by atoms with Crippen LogP contribution in [0.15, 0.2) is 72.3 Å². The maximum atomic E-state index is 13.3. The number of hydrogen-bond acceptors (Lipinski definition) is 7. The van der Waals surface area contributed by atoms with Gasteiger partial charge in [0.25, 0.3) is 8.32 Å². The number of Topliss-reactive ketones (excluding diaryl/α,β-unsaturated/α-hetero) is 1. The van der Waals surface area contributed by atoms with Crippen molar-refractivity contribution in [1.82, 2.24) is 0 Å². The van der Waals surface area contributed by atoms with Gasteiger partial charge in [-0.25, -0.2) is 0 Å². The molecular weight excluding hydrogens is 524 g/mol. The lowest BCUT2D eigenvalue weighted by Gasteiger charge is -2.44. The maximum Gasteiger partial charge on any atom is 0.320 e. The van der Waals surface area contributed by atoms with E-state index in [-0.39, 0.29) is 23.8 Å². The van der Waals surface area contributed by atoms with Gasteiger partial charge >= 0.3 is 11.9 Å². The summed E-state index contributed by atoms with van der Waals surface area (Å²) in [6, 6.07) is 20.5. The van der Waals surface area contributed by atoms with E-state index in [0.717, 1.165) is 10.4 Å². The Kier molecular flexibility index (Phi) is 9.93. The highest BCUT2D eigenvalue weighted by Gasteiger charge is 2.53. The lowest BCUT2D eigenvalue weighted by Crippen LogP contribution is -2.67. The summed E-state index contributed by atoms with van der Waals surface area (Å²) in [7, 11) is -0.427. The van der Waals surface area contributed by atoms with E-state index in [0.29, 0.717) is 12.2 Å². The summed E-state index contributed by atoms with van der Waals surface area (Å²) < 4.78 is 16.6. The monoisotopic (exact) mass is 566 g/mol. The summed E-state index contributed by atoms with van der Waals surface area (Å²) in [4.78, 5) is 37.9. The summed E-state index contributed by atoms with van der Waals surface area (Å²) in [5.74, 6) is -4.13. The molecule has 216 valence electrons. The molecule has 0 aliphatic heterocycles. The first-order chi connectivity index (χ1) is 18.8. The van der Waals surface area contributed by atoms with Crippen LogP contribution in [0.2, 0.25) is 5.04 Å². The Labute approximate surface area is 238 Å². The molecule has 0 spiro atoms. The van der Waals surface area contributed by atoms with Crippen LogP contribution in [0.5, 0.6) is 0 Å². The largest absolute Gasteiger partial charge is 0.468 e. The van der Waals surface area contributed by atoms with E-state index in [2.05, 4.69) is 45.0 Å². The third-order valence-electron chi connectivity index (χ3n) is 7.94. The molecule has 0 saturated heterocycles. The highest BCUT2D eigenvalue weighted by molar-refractivity contribution is 6.99. The fraction of sp³-hybridized carbons (Fsp3) is 0.469. The highest BCUT2D eigenvalue weighted by Crippen LogP contribution is 2.41. The quantitative estimate of drug-likeness (QED) is 0.251. The van der Waals surface area contributed by atoms with Gasteiger partial charge in [-0.05, 0) is 46.7 Å². The van der Waals surface area contributed by atoms with Gasteiger partial charge in [0.2, 0.25) is 0 Å². The summed E-state index contributed by atoms with van der Waals surface area (Å²) in [5.41, 5.74) is -1.38. The minimum Gasteiger partial charge on any atom is -0.468 e. The van der Waals surface area contributed by atoms with Gasteiger partial charge in [0.05, 0.1) is 14.2 Å². The lowest BCUT2D eigenvalue weighted by atomic mass is 9.77. The van der Waals surface area contributed by atoms with Crippen molar-refractivity contribution in [3.05, 3.63) is 72.3 Å². The number of ether oxygens (including phenoxy) is 2. The molecule has 2 aromatic rings. The number of carbonyl (C=O) groups is 3. The average Bonchev–Trinajstić information content (AvgIpc) is 3.14. The Morgan fingerprint density at radius 2 is 1.43 bits per heavy atom. The van der Waals surface area contributed by atoms with Crippen molar-refractivity contribution < 1.29 is 33.4 Å². The fourth-order valence-electron chi connectivity index (χ4n) is 5.98. The zero-order valence-electron chi connectivity index (χ0n) is 24.6. The highest BCUT2D eigenvalue weighted by atomic mass is 28.4. The Morgan fingerprint density at radius 1 is 0.950 bits per heavy atom. The second kappa shape index (κ2) is 12.6. The van der Waals surface area contributed by atoms with Crippen molar-refractivity contribution in [3.8, 4) is 0 Å². The van der Waals surface area contributed by atoms with Crippen LogP contribution in [0, 0.1) is 17.8 Å². The fourth-order valence-corrected chi connectivity index (χ4v) is 10.7. The number of rotatable bonds is 11. The van der Waals surface area contributed by atoms with Crippen molar-refractivity contribution >= 4 is 36.4 Å². The van der Waals surface area contributed by atoms with Gasteiger partial charge in [-0.1, -0.05) is 94.4 Å². The van der Waals surface area contributed by atoms with Crippen LogP contribution in [0.3, 0.4) is 0 Å². The minimum atomic E-state index is -2.81. The van der Waals surface area contributed by atoms with Gasteiger partial charge < -0.3 is 19.0 Å². The topological polar surface area (TPSA) is 99.1 Å². The molecular formula is C32H42O7Si. The van der Waals surface area contributed by atoms with Crippen LogP contribution in [0.1, 0.15) is 47.5 Å². The smallest absolute Gasteiger partial charge is 0.320 e. The molecule has 1 aliphatic rings. The van der Waals surface area contributed by atoms with Crippen LogP contribution in [-0.2, 0) is 28.3 Å². The number of esters is 2. The summed E-state index contributed by atoms with van der Waals surface area (Å²) in [5, 5.41) is 13.9. The molecule has 3 atom stereocenters. The number of aliphatic hydroxyl groups is 1. The molecule has 2 aromatic carbocycles. The van der Waals surface area contributed by atoms with Crippen molar-refractivity contribution in [2.45, 2.75) is 58.1 Å². The predicted molar refractivity (Wildman–Crippen MR) is 157 cm³/mol. The van der Waals surface area contributed by atoms with Crippen LogP contribution < -0.4 is 10.4 Å². The number of carbonyl (C=O) groups excluding carboxylic acids is 3. The van der Waals surface area contributed by atoms with E-state index in [1.807, 2.05) is 43.3 Å². The van der Waals surface area contributed by atoms with E-state index in [1.165, 1.54) is 14.2 Å². The minimum absolute atomic E-state index is 0.0960. The van der Waals surface area contributed by atoms with E-state index in [1.54, 1.807) is 13.0 Å². The Bertz CT molecular complexity index is 1160. The molecule has 0 amide bonds. The number of methoxy groups -OCH3 is 2. The van der Waals surface area contributed by atoms with Gasteiger partial charge in [0, 0.05) is 12.5 Å². The van der Waals surface area contributed by atoms with Crippen molar-refractivity contribution in [2.24, 2.45) is 17.8 Å². The second-order valence-corrected chi connectivity index (χ2v) is 16.1. The van der Waals surface area contributed by atoms with Gasteiger partial charge in [-0.2, -0.15) is 0 Å². The number of hydrogen-bond donors (Lipinski definition) is 1. The molecule has 1 aliphatic carbocycles. The molecule has 0 heterocycles. The summed E-state index contributed by atoms with van der Waals surface area (Å²) in [6.45, 7) is 10.5. The first-order valence-corrected chi connectivity index (χ1v) is 15.6. The third-order valence-corrected chi connectivity index (χ3v) is 12.9. The molecule has 1 unspecified atom stereocenters. The second-order valence-electron chi connectivity index (χ2n) is 11.8. The zero-order chi connectivity index (χ0) is 29.7. The average molecular weight is 567 g/mol. The zero-order valence-corrected chi connectivity index (χ0v) is 25.6. The third kappa shape index (κ3) is 6.14. The Morgan fingerprint density at radius 3 is 1.85 bits per heavy atom. The first-order valence-electron chi connectivity index (χ1n) is 13.7. The maximum absolute atomic E-state index is 13.3. The van der Waals surface area contributed by atoms with E-state index in [9.17, 15) is 19.5 Å². The first kappa shape index (κ1) is 31.5. The van der Waals surface area contributed by atoms with Gasteiger partial charge in [0.15, 0.2) is 11.7 Å². The molecule has 8 heteroatoms. The Hall–Kier alpha value is -3.07. The Balaban J connectivity index is 1.91. The predicted octanol–water partition coefficient (Wildman–Crippen LogP) is 3.82. The van der Waals surface area contributed by atoms with Crippen molar-refractivity contribution in [1.29, 1.82) is 0 Å². The van der Waals surface area contributed by atoms with E-state index < -0.39 is 43.5 Å². The van der Waals surface area contributed by atoms with Gasteiger partial charge in [-0.15, -0.1) is 0 Å². The SMILES string of the molecule is COC(=O)C(C[C@@H]1C=C(C)C(=O)[C@]1(O)CC(C)CO[Si](c1ccccc1)(c1ccccc1)C(C)(C)C)C(=O)OC. The van der Waals surface area contributed by atoms with Crippen molar-refractivity contribution in [2.75, 3.05) is 20.8 Å². The molecule has 0 saturated carbocycles. The van der Waals surface area contributed by atoms with Gasteiger partial charge in [-0.3, -0.25) is 14.4 Å². The van der Waals surface area contributed by atoms with Crippen molar-refractivity contribution in [3.63, 3.8) is 0 Å². The molecule has 0 fully saturated rings. The number of ketones is 1. The standard InChI is InChI=1S/C32H42O7Si/c1-22(20-32(36)24(18-23(2)28(32)33)19-27(29(34)37-6)30(35)38-7)21-39-40(31(3,4)5,25-14-10-8-11-15-25)26-16-12-9-13-17-26/h8-18,22,24,27,36H,19-21H2,1-7H3/t22?,24-,32-/m0/s1. The van der Waals surface area contributed by atoms with Crippen LogP contribution >= 0.6 is 0 Å². The van der Waals surface area contributed by atoms with Crippen LogP contribution in [-0.4, -0.2) is 57.6 Å². The molecule has 1 N–H and O–H groups in total. The summed E-state index contributed by atoms with van der Waals surface area (Å²) >= 11 is 0.